The number of carboxylic acid groups (broad SMARTS) is 1. The van der Waals surface area contributed by atoms with Crippen LogP contribution in [0.5, 0.6) is 0 Å². The molecule has 0 spiro atoms. The summed E-state index contributed by atoms with van der Waals surface area (Å²) in [6, 6.07) is 4.83. The van der Waals surface area contributed by atoms with E-state index >= 15 is 0 Å². The Morgan fingerprint density at radius 1 is 1.50 bits per heavy atom. The van der Waals surface area contributed by atoms with Gasteiger partial charge in [-0.05, 0) is 42.4 Å². The Balaban J connectivity index is 2.33. The van der Waals surface area contributed by atoms with Crippen molar-refractivity contribution in [3.05, 3.63) is 39.8 Å². The number of hydrogen-bond acceptors (Lipinski definition) is 4. The first-order chi connectivity index (χ1) is 8.49. The molecule has 0 saturated heterocycles. The van der Waals surface area contributed by atoms with Gasteiger partial charge in [0.15, 0.2) is 5.16 Å². The van der Waals surface area contributed by atoms with E-state index in [1.807, 2.05) is 6.92 Å². The molecule has 1 aromatic heterocycles. The van der Waals surface area contributed by atoms with Crippen molar-refractivity contribution in [2.24, 2.45) is 7.05 Å². The molecule has 0 fully saturated rings. The highest BCUT2D eigenvalue weighted by molar-refractivity contribution is 7.99. The molecule has 94 valence electrons. The molecule has 0 aliphatic carbocycles. The number of benzene rings is 1. The minimum absolute atomic E-state index is 0.243. The van der Waals surface area contributed by atoms with Gasteiger partial charge in [-0.1, -0.05) is 0 Å². The Hall–Kier alpha value is -2.02. The molecule has 0 aliphatic heterocycles. The van der Waals surface area contributed by atoms with Crippen LogP contribution in [-0.4, -0.2) is 25.8 Å². The van der Waals surface area contributed by atoms with E-state index in [1.54, 1.807) is 19.2 Å². The Kier molecular flexibility index (Phi) is 3.24. The maximum atomic E-state index is 11.2. The second-order valence-electron chi connectivity index (χ2n) is 3.76. The number of hydrogen-bond donors (Lipinski definition) is 2. The van der Waals surface area contributed by atoms with E-state index in [9.17, 15) is 9.59 Å². The van der Waals surface area contributed by atoms with Gasteiger partial charge in [0.25, 0.3) is 0 Å². The van der Waals surface area contributed by atoms with Crippen molar-refractivity contribution in [1.82, 2.24) is 14.8 Å². The van der Waals surface area contributed by atoms with Crippen LogP contribution in [0.15, 0.2) is 33.0 Å². The molecule has 2 aromatic rings. The highest BCUT2D eigenvalue weighted by Crippen LogP contribution is 2.28. The van der Waals surface area contributed by atoms with E-state index in [0.29, 0.717) is 5.16 Å². The second-order valence-corrected chi connectivity index (χ2v) is 4.77. The number of carboxylic acids is 1. The molecule has 1 heterocycles. The van der Waals surface area contributed by atoms with Crippen molar-refractivity contribution in [1.29, 1.82) is 0 Å². The molecule has 0 radical (unpaired) electrons. The number of carbonyl (C=O) groups is 1. The Morgan fingerprint density at radius 2 is 2.22 bits per heavy atom. The lowest BCUT2D eigenvalue weighted by Crippen LogP contribution is -2.12. The lowest BCUT2D eigenvalue weighted by atomic mass is 10.1. The lowest BCUT2D eigenvalue weighted by molar-refractivity contribution is 0.0696. The normalized spacial score (nSPS) is 10.6. The van der Waals surface area contributed by atoms with Crippen molar-refractivity contribution in [2.75, 3.05) is 0 Å². The van der Waals surface area contributed by atoms with Crippen LogP contribution < -0.4 is 5.69 Å². The summed E-state index contributed by atoms with van der Waals surface area (Å²) in [7, 11) is 1.62. The summed E-state index contributed by atoms with van der Waals surface area (Å²) >= 11 is 1.31. The van der Waals surface area contributed by atoms with Crippen LogP contribution in [-0.2, 0) is 7.05 Å². The van der Waals surface area contributed by atoms with Crippen molar-refractivity contribution in [3.8, 4) is 0 Å². The molecule has 7 heteroatoms. The SMILES string of the molecule is Cc1cc(C(=O)O)ccc1Sc1n[nH]c(=O)n1C. The van der Waals surface area contributed by atoms with Crippen LogP contribution in [0.2, 0.25) is 0 Å². The molecule has 2 rings (SSSR count). The lowest BCUT2D eigenvalue weighted by Gasteiger charge is -2.05. The van der Waals surface area contributed by atoms with E-state index < -0.39 is 5.97 Å². The minimum atomic E-state index is -0.957. The van der Waals surface area contributed by atoms with Gasteiger partial charge in [-0.25, -0.2) is 14.7 Å². The zero-order chi connectivity index (χ0) is 13.3. The minimum Gasteiger partial charge on any atom is -0.478 e. The predicted molar refractivity (Wildman–Crippen MR) is 66.1 cm³/mol. The number of H-pyrrole nitrogens is 1. The summed E-state index contributed by atoms with van der Waals surface area (Å²) in [4.78, 5) is 22.9. The molecule has 0 saturated carbocycles. The summed E-state index contributed by atoms with van der Waals surface area (Å²) < 4.78 is 1.40. The fraction of sp³-hybridized carbons (Fsp3) is 0.182. The van der Waals surface area contributed by atoms with Crippen LogP contribution in [0.4, 0.5) is 0 Å². The Morgan fingerprint density at radius 3 is 2.72 bits per heavy atom. The van der Waals surface area contributed by atoms with Gasteiger partial charge in [0.05, 0.1) is 5.56 Å². The Labute approximate surface area is 107 Å². The number of rotatable bonds is 3. The maximum Gasteiger partial charge on any atom is 0.343 e. The number of aromatic amines is 1. The van der Waals surface area contributed by atoms with Gasteiger partial charge < -0.3 is 5.11 Å². The molecule has 0 bridgehead atoms. The third-order valence-corrected chi connectivity index (χ3v) is 3.69. The molecule has 1 aromatic carbocycles. The van der Waals surface area contributed by atoms with Crippen LogP contribution in [0.1, 0.15) is 15.9 Å². The fourth-order valence-electron chi connectivity index (χ4n) is 1.42. The van der Waals surface area contributed by atoms with Gasteiger partial charge in [-0.15, -0.1) is 5.10 Å². The molecule has 0 aliphatic rings. The molecular formula is C11H11N3O3S. The maximum absolute atomic E-state index is 11.2. The van der Waals surface area contributed by atoms with Crippen LogP contribution >= 0.6 is 11.8 Å². The van der Waals surface area contributed by atoms with Crippen molar-refractivity contribution >= 4 is 17.7 Å². The number of aryl methyl sites for hydroxylation is 1. The van der Waals surface area contributed by atoms with Gasteiger partial charge in [-0.3, -0.25) is 4.57 Å². The third kappa shape index (κ3) is 2.30. The van der Waals surface area contributed by atoms with Gasteiger partial charge in [0.1, 0.15) is 0 Å². The smallest absolute Gasteiger partial charge is 0.343 e. The standard InChI is InChI=1S/C11H11N3O3S/c1-6-5-7(9(15)16)3-4-8(6)18-11-13-12-10(17)14(11)2/h3-5H,1-2H3,(H,12,17)(H,15,16). The van der Waals surface area contributed by atoms with Crippen LogP contribution in [0.25, 0.3) is 0 Å². The number of nitrogens with zero attached hydrogens (tertiary/aromatic N) is 2. The zero-order valence-electron chi connectivity index (χ0n) is 9.80. The highest BCUT2D eigenvalue weighted by atomic mass is 32.2. The topological polar surface area (TPSA) is 88.0 Å². The summed E-state index contributed by atoms with van der Waals surface area (Å²) in [5.74, 6) is -0.957. The van der Waals surface area contributed by atoms with Gasteiger partial charge >= 0.3 is 11.7 Å². The summed E-state index contributed by atoms with van der Waals surface area (Å²) in [6.07, 6.45) is 0. The molecule has 2 N–H and O–H groups in total. The molecule has 0 unspecified atom stereocenters. The number of nitrogens with one attached hydrogen (secondary N) is 1. The average Bonchev–Trinajstić information content (AvgIpc) is 2.63. The molecular weight excluding hydrogens is 254 g/mol. The summed E-state index contributed by atoms with van der Waals surface area (Å²) in [5.41, 5.74) is 0.792. The number of aromatic nitrogens is 3. The first kappa shape index (κ1) is 12.4. The molecule has 0 atom stereocenters. The highest BCUT2D eigenvalue weighted by Gasteiger charge is 2.10. The van der Waals surface area contributed by atoms with E-state index in [0.717, 1.165) is 10.5 Å². The molecule has 0 amide bonds. The van der Waals surface area contributed by atoms with E-state index in [2.05, 4.69) is 10.2 Å². The van der Waals surface area contributed by atoms with Crippen molar-refractivity contribution < 1.29 is 9.90 Å². The summed E-state index contributed by atoms with van der Waals surface area (Å²) in [6.45, 7) is 1.82. The van der Waals surface area contributed by atoms with Gasteiger partial charge in [0, 0.05) is 11.9 Å². The van der Waals surface area contributed by atoms with Crippen molar-refractivity contribution in [2.45, 2.75) is 17.0 Å². The first-order valence-corrected chi connectivity index (χ1v) is 5.94. The van der Waals surface area contributed by atoms with Crippen molar-refractivity contribution in [3.63, 3.8) is 0 Å². The van der Waals surface area contributed by atoms with Crippen LogP contribution in [0, 0.1) is 6.92 Å². The monoisotopic (exact) mass is 265 g/mol. The van der Waals surface area contributed by atoms with E-state index in [1.165, 1.54) is 22.4 Å². The van der Waals surface area contributed by atoms with E-state index in [4.69, 9.17) is 5.11 Å². The molecule has 6 nitrogen and oxygen atoms in total. The first-order valence-electron chi connectivity index (χ1n) is 5.12. The Bertz CT molecular complexity index is 660. The quantitative estimate of drug-likeness (QED) is 0.872. The summed E-state index contributed by atoms with van der Waals surface area (Å²) in [5, 5.41) is 15.6. The van der Waals surface area contributed by atoms with Gasteiger partial charge in [-0.2, -0.15) is 0 Å². The molecule has 18 heavy (non-hydrogen) atoms. The fourth-order valence-corrected chi connectivity index (χ4v) is 2.28. The predicted octanol–water partition coefficient (Wildman–Crippen LogP) is 1.27. The third-order valence-electron chi connectivity index (χ3n) is 2.46. The van der Waals surface area contributed by atoms with E-state index in [-0.39, 0.29) is 11.3 Å². The average molecular weight is 265 g/mol. The second kappa shape index (κ2) is 4.69. The van der Waals surface area contributed by atoms with Crippen LogP contribution in [0.3, 0.4) is 0 Å². The largest absolute Gasteiger partial charge is 0.478 e. The van der Waals surface area contributed by atoms with Gasteiger partial charge in [0.2, 0.25) is 0 Å². The number of aromatic carboxylic acids is 1. The zero-order valence-corrected chi connectivity index (χ0v) is 10.6.